The number of anilines is 1. The maximum absolute atomic E-state index is 15.0. The van der Waals surface area contributed by atoms with Crippen molar-refractivity contribution in [1.29, 1.82) is 4.78 Å². The molecule has 0 fully saturated rings. The van der Waals surface area contributed by atoms with E-state index in [0.717, 1.165) is 12.0 Å². The molecule has 0 saturated heterocycles. The zero-order valence-corrected chi connectivity index (χ0v) is 20.2. The summed E-state index contributed by atoms with van der Waals surface area (Å²) in [5, 5.41) is 12.7. The summed E-state index contributed by atoms with van der Waals surface area (Å²) in [6.45, 7) is 3.39. The Kier molecular flexibility index (Phi) is 5.33. The van der Waals surface area contributed by atoms with Gasteiger partial charge in [0.1, 0.15) is 26.2 Å². The third kappa shape index (κ3) is 3.82. The molecule has 3 aromatic rings. The minimum absolute atomic E-state index is 0.0288. The number of carbonyl (C=O) groups excluding carboxylic acids is 1. The van der Waals surface area contributed by atoms with Gasteiger partial charge < -0.3 is 14.8 Å². The predicted octanol–water partition coefficient (Wildman–Crippen LogP) is 3.21. The molecule has 12 heteroatoms. The third-order valence-corrected chi connectivity index (χ3v) is 7.34. The molecule has 35 heavy (non-hydrogen) atoms. The Morgan fingerprint density at radius 3 is 2.83 bits per heavy atom. The van der Waals surface area contributed by atoms with Crippen LogP contribution < -0.4 is 19.9 Å². The Hall–Kier alpha value is -3.51. The molecule has 2 atom stereocenters. The highest BCUT2D eigenvalue weighted by molar-refractivity contribution is 7.90. The van der Waals surface area contributed by atoms with Crippen LogP contribution in [0.1, 0.15) is 37.4 Å². The van der Waals surface area contributed by atoms with Crippen molar-refractivity contribution in [3.8, 4) is 22.9 Å². The van der Waals surface area contributed by atoms with E-state index >= 15 is 4.39 Å². The second-order valence-electron chi connectivity index (χ2n) is 9.13. The molecule has 1 aliphatic carbocycles. The van der Waals surface area contributed by atoms with Gasteiger partial charge >= 0.3 is 0 Å². The van der Waals surface area contributed by atoms with Crippen LogP contribution in [0.25, 0.3) is 11.1 Å². The molecule has 2 aromatic heterocycles. The Morgan fingerprint density at radius 1 is 1.37 bits per heavy atom. The van der Waals surface area contributed by atoms with Crippen molar-refractivity contribution in [2.75, 3.05) is 12.4 Å². The molecule has 0 radical (unpaired) electrons. The minimum Gasteiger partial charge on any atom is -0.481 e. The van der Waals surface area contributed by atoms with Crippen molar-refractivity contribution in [1.82, 2.24) is 14.8 Å². The maximum atomic E-state index is 15.0. The highest BCUT2D eigenvalue weighted by Crippen LogP contribution is 2.44. The van der Waals surface area contributed by atoms with Crippen LogP contribution in [0.2, 0.25) is 0 Å². The summed E-state index contributed by atoms with van der Waals surface area (Å²) >= 11 is 0. The fourth-order valence-corrected chi connectivity index (χ4v) is 5.43. The van der Waals surface area contributed by atoms with Gasteiger partial charge in [0.2, 0.25) is 11.8 Å². The van der Waals surface area contributed by atoms with Crippen LogP contribution >= 0.6 is 0 Å². The molecule has 184 valence electrons. The van der Waals surface area contributed by atoms with Gasteiger partial charge in [-0.2, -0.15) is 5.10 Å². The van der Waals surface area contributed by atoms with E-state index in [1.165, 1.54) is 24.1 Å². The van der Waals surface area contributed by atoms with E-state index in [9.17, 15) is 9.00 Å². The summed E-state index contributed by atoms with van der Waals surface area (Å²) in [7, 11) is -2.11. The second-order valence-corrected chi connectivity index (χ2v) is 10.8. The van der Waals surface area contributed by atoms with E-state index in [-0.39, 0.29) is 16.6 Å². The number of fused-ring (bicyclic) bond motifs is 2. The van der Waals surface area contributed by atoms with Gasteiger partial charge in [-0.15, -0.1) is 0 Å². The van der Waals surface area contributed by atoms with Crippen LogP contribution in [0, 0.1) is 10.6 Å². The number of nitrogens with zero attached hydrogens (tertiary/aromatic N) is 3. The van der Waals surface area contributed by atoms with Crippen molar-refractivity contribution in [2.24, 2.45) is 5.14 Å². The van der Waals surface area contributed by atoms with Gasteiger partial charge in [-0.25, -0.2) is 28.2 Å². The van der Waals surface area contributed by atoms with Gasteiger partial charge in [-0.1, -0.05) is 0 Å². The van der Waals surface area contributed by atoms with E-state index < -0.39 is 27.5 Å². The number of halogens is 1. The molecule has 10 nitrogen and oxygen atoms in total. The monoisotopic (exact) mass is 500 g/mol. The largest absolute Gasteiger partial charge is 0.481 e. The first-order valence-electron chi connectivity index (χ1n) is 11.0. The lowest BCUT2D eigenvalue weighted by Gasteiger charge is -2.26. The summed E-state index contributed by atoms with van der Waals surface area (Å²) in [6, 6.07) is 3.88. The van der Waals surface area contributed by atoms with E-state index in [1.807, 2.05) is 0 Å². The van der Waals surface area contributed by atoms with Crippen molar-refractivity contribution in [3.05, 3.63) is 47.5 Å². The van der Waals surface area contributed by atoms with Crippen molar-refractivity contribution >= 4 is 21.5 Å². The van der Waals surface area contributed by atoms with Gasteiger partial charge in [-0.05, 0) is 61.9 Å². The zero-order valence-electron chi connectivity index (χ0n) is 19.4. The lowest BCUT2D eigenvalue weighted by Crippen LogP contribution is -2.40. The molecule has 1 aromatic carbocycles. The summed E-state index contributed by atoms with van der Waals surface area (Å²) in [5.74, 6) is -0.376. The molecule has 1 amide bonds. The standard InChI is InChI=1S/C23H25FN6O4S/c1-23(2)20(30-22(34-23)17(11-28-30)35(25,26)32)21(31)29-19-14-6-4-5-13(14)16(24)10-15(19)12-7-8-27-18(9-12)33-3/h7-11,20H,4-6H2,1-3H3,(H,29,31)(H3,25,26,32). The first-order valence-corrected chi connectivity index (χ1v) is 12.6. The highest BCUT2D eigenvalue weighted by atomic mass is 32.2. The Labute approximate surface area is 201 Å². The summed E-state index contributed by atoms with van der Waals surface area (Å²) in [5.41, 5.74) is 1.92. The van der Waals surface area contributed by atoms with Gasteiger partial charge in [0.15, 0.2) is 6.04 Å². The third-order valence-electron chi connectivity index (χ3n) is 6.41. The van der Waals surface area contributed by atoms with E-state index in [2.05, 4.69) is 15.4 Å². The molecule has 5 rings (SSSR count). The van der Waals surface area contributed by atoms with Gasteiger partial charge in [-0.3, -0.25) is 4.79 Å². The quantitative estimate of drug-likeness (QED) is 0.490. The fraction of sp³-hybridized carbons (Fsp3) is 0.348. The van der Waals surface area contributed by atoms with Crippen LogP contribution in [0.3, 0.4) is 0 Å². The van der Waals surface area contributed by atoms with E-state index in [0.29, 0.717) is 41.1 Å². The van der Waals surface area contributed by atoms with Crippen LogP contribution in [0.15, 0.2) is 35.5 Å². The van der Waals surface area contributed by atoms with Crippen molar-refractivity contribution in [3.63, 3.8) is 0 Å². The molecular formula is C23H25FN6O4S. The average Bonchev–Trinajstić information content (AvgIpc) is 3.48. The van der Waals surface area contributed by atoms with Crippen LogP contribution in [0.5, 0.6) is 11.8 Å². The molecule has 3 heterocycles. The maximum Gasteiger partial charge on any atom is 0.253 e. The summed E-state index contributed by atoms with van der Waals surface area (Å²) in [4.78, 5) is 17.8. The van der Waals surface area contributed by atoms with Gasteiger partial charge in [0.25, 0.3) is 5.91 Å². The molecule has 1 aliphatic heterocycles. The zero-order chi connectivity index (χ0) is 25.1. The summed E-state index contributed by atoms with van der Waals surface area (Å²) in [6.07, 6.45) is 4.72. The normalized spacial score (nSPS) is 19.4. The number of benzene rings is 1. The SMILES string of the molecule is COc1cc(-c2cc(F)c3c(c2NC(=O)C2n4ncc(S(=N)(N)=O)c4OC2(C)C)CCC3)ccn1. The lowest BCUT2D eigenvalue weighted by atomic mass is 9.95. The topological polar surface area (TPSA) is 145 Å². The Balaban J connectivity index is 1.60. The number of nitrogens with one attached hydrogen (secondary N) is 2. The molecule has 4 N–H and O–H groups in total. The molecule has 0 spiro atoms. The summed E-state index contributed by atoms with van der Waals surface area (Å²) < 4.78 is 47.3. The Bertz CT molecular complexity index is 1470. The number of methoxy groups -OCH3 is 1. The molecular weight excluding hydrogens is 475 g/mol. The average molecular weight is 501 g/mol. The van der Waals surface area contributed by atoms with E-state index in [4.69, 9.17) is 19.4 Å². The van der Waals surface area contributed by atoms with Crippen molar-refractivity contribution < 1.29 is 22.9 Å². The number of carbonyl (C=O) groups is 1. The van der Waals surface area contributed by atoms with E-state index in [1.54, 1.807) is 32.2 Å². The number of hydrogen-bond donors (Lipinski definition) is 3. The number of pyridine rings is 1. The lowest BCUT2D eigenvalue weighted by molar-refractivity contribution is -0.122. The van der Waals surface area contributed by atoms with Crippen LogP contribution in [-0.2, 0) is 27.6 Å². The molecule has 0 bridgehead atoms. The Morgan fingerprint density at radius 2 is 2.11 bits per heavy atom. The molecule has 2 unspecified atom stereocenters. The number of nitrogens with two attached hydrogens (primary N) is 1. The number of amides is 1. The number of rotatable bonds is 5. The number of ether oxygens (including phenoxy) is 2. The smallest absolute Gasteiger partial charge is 0.253 e. The first kappa shape index (κ1) is 23.2. The van der Waals surface area contributed by atoms with Crippen LogP contribution in [-0.4, -0.2) is 37.6 Å². The predicted molar refractivity (Wildman–Crippen MR) is 126 cm³/mol. The van der Waals surface area contributed by atoms with Crippen molar-refractivity contribution in [2.45, 2.75) is 49.6 Å². The molecule has 2 aliphatic rings. The molecule has 0 saturated carbocycles. The fourth-order valence-electron chi connectivity index (χ4n) is 4.83. The second kappa shape index (κ2) is 8.02. The minimum atomic E-state index is -3.60. The highest BCUT2D eigenvalue weighted by Gasteiger charge is 2.49. The first-order chi connectivity index (χ1) is 16.5. The number of aromatic nitrogens is 3. The van der Waals surface area contributed by atoms with Gasteiger partial charge in [0, 0.05) is 17.8 Å². The van der Waals surface area contributed by atoms with Crippen LogP contribution in [0.4, 0.5) is 10.1 Å². The van der Waals surface area contributed by atoms with Gasteiger partial charge in [0.05, 0.1) is 19.0 Å². The number of hydrogen-bond acceptors (Lipinski definition) is 7.